The third-order valence-electron chi connectivity index (χ3n) is 4.42. The summed E-state index contributed by atoms with van der Waals surface area (Å²) in [6, 6.07) is 8.20. The Bertz CT molecular complexity index is 973. The van der Waals surface area contributed by atoms with Gasteiger partial charge in [0.15, 0.2) is 15.0 Å². The summed E-state index contributed by atoms with van der Waals surface area (Å²) >= 11 is 1.33. The second-order valence-electron chi connectivity index (χ2n) is 6.54. The molecule has 8 nitrogen and oxygen atoms in total. The number of anilines is 1. The molecule has 156 valence electrons. The van der Waals surface area contributed by atoms with E-state index in [1.165, 1.54) is 11.3 Å². The minimum Gasteiger partial charge on any atom is -0.450 e. The first-order chi connectivity index (χ1) is 13.9. The molecule has 0 aliphatic carbocycles. The summed E-state index contributed by atoms with van der Waals surface area (Å²) in [5.41, 5.74) is 0.873. The van der Waals surface area contributed by atoms with E-state index in [-0.39, 0.29) is 35.5 Å². The van der Waals surface area contributed by atoms with Crippen LogP contribution in [0.2, 0.25) is 0 Å². The summed E-state index contributed by atoms with van der Waals surface area (Å²) in [5.74, 6) is -0.366. The number of hydrogen-bond donors (Lipinski definition) is 1. The molecule has 0 saturated carbocycles. The maximum absolute atomic E-state index is 12.3. The largest absolute Gasteiger partial charge is 0.450 e. The van der Waals surface area contributed by atoms with E-state index in [0.717, 1.165) is 10.6 Å². The van der Waals surface area contributed by atoms with Crippen molar-refractivity contribution in [1.82, 2.24) is 9.88 Å². The molecule has 3 rings (SSSR count). The normalized spacial score (nSPS) is 13.6. The first-order valence-electron chi connectivity index (χ1n) is 9.37. The molecular formula is C19H23N3O5S2. The van der Waals surface area contributed by atoms with Crippen LogP contribution in [-0.4, -0.2) is 49.2 Å². The van der Waals surface area contributed by atoms with E-state index in [2.05, 4.69) is 10.3 Å². The van der Waals surface area contributed by atoms with Crippen LogP contribution in [0, 0.1) is 0 Å². The Morgan fingerprint density at radius 2 is 2.03 bits per heavy atom. The van der Waals surface area contributed by atoms with E-state index in [1.807, 2.05) is 0 Å². The zero-order valence-electron chi connectivity index (χ0n) is 16.1. The molecule has 0 saturated heterocycles. The van der Waals surface area contributed by atoms with Crippen LogP contribution in [0.3, 0.4) is 0 Å². The second-order valence-corrected chi connectivity index (χ2v) is 9.74. The van der Waals surface area contributed by atoms with Gasteiger partial charge in [0.2, 0.25) is 5.91 Å². The lowest BCUT2D eigenvalue weighted by Gasteiger charge is -2.24. The van der Waals surface area contributed by atoms with E-state index in [1.54, 1.807) is 42.2 Å². The highest BCUT2D eigenvalue weighted by molar-refractivity contribution is 7.91. The van der Waals surface area contributed by atoms with Crippen molar-refractivity contribution < 1.29 is 22.7 Å². The first-order valence-corrected chi connectivity index (χ1v) is 11.8. The average molecular weight is 438 g/mol. The first kappa shape index (κ1) is 21.3. The number of nitrogens with one attached hydrogen (secondary N) is 1. The van der Waals surface area contributed by atoms with Crippen molar-refractivity contribution in [3.63, 3.8) is 0 Å². The fourth-order valence-corrected chi connectivity index (χ4v) is 5.34. The molecule has 0 atom stereocenters. The molecule has 2 heterocycles. The molecule has 2 aromatic rings. The van der Waals surface area contributed by atoms with Crippen LogP contribution in [0.4, 0.5) is 9.93 Å². The van der Waals surface area contributed by atoms with Crippen molar-refractivity contribution in [2.75, 3.05) is 24.2 Å². The number of aromatic nitrogens is 1. The number of amides is 2. The highest BCUT2D eigenvalue weighted by atomic mass is 32.2. The van der Waals surface area contributed by atoms with Crippen LogP contribution >= 0.6 is 11.3 Å². The Morgan fingerprint density at radius 3 is 2.76 bits per heavy atom. The molecule has 0 radical (unpaired) electrons. The molecule has 10 heteroatoms. The maximum Gasteiger partial charge on any atom is 0.410 e. The van der Waals surface area contributed by atoms with Gasteiger partial charge >= 0.3 is 6.09 Å². The highest BCUT2D eigenvalue weighted by Gasteiger charge is 2.25. The van der Waals surface area contributed by atoms with Gasteiger partial charge in [-0.3, -0.25) is 4.79 Å². The van der Waals surface area contributed by atoms with E-state index in [9.17, 15) is 18.0 Å². The van der Waals surface area contributed by atoms with Gasteiger partial charge in [-0.2, -0.15) is 0 Å². The molecule has 1 N–H and O–H groups in total. The number of ether oxygens (including phenoxy) is 1. The van der Waals surface area contributed by atoms with Crippen molar-refractivity contribution in [3.05, 3.63) is 40.9 Å². The molecular weight excluding hydrogens is 414 g/mol. The number of rotatable bonds is 7. The molecule has 29 heavy (non-hydrogen) atoms. The van der Waals surface area contributed by atoms with E-state index < -0.39 is 9.84 Å². The van der Waals surface area contributed by atoms with Gasteiger partial charge in [-0.15, -0.1) is 0 Å². The number of nitrogens with zero attached hydrogens (tertiary/aromatic N) is 2. The summed E-state index contributed by atoms with van der Waals surface area (Å²) in [6.07, 6.45) is 0.572. The zero-order chi connectivity index (χ0) is 20.9. The molecule has 1 aromatic heterocycles. The van der Waals surface area contributed by atoms with Crippen LogP contribution in [0.15, 0.2) is 35.2 Å². The number of hydrogen-bond acceptors (Lipinski definition) is 7. The topological polar surface area (TPSA) is 106 Å². The summed E-state index contributed by atoms with van der Waals surface area (Å²) in [7, 11) is -3.39. The fourth-order valence-electron chi connectivity index (χ4n) is 2.97. The standard InChI is InChI=1S/C19H23N3O5S2/c1-2-27-19(24)22-11-10-15-16(13-22)28-18(20-15)21-17(23)9-6-12-29(25,26)14-7-4-3-5-8-14/h3-5,7-8H,2,6,9-13H2,1H3,(H,20,21,23). The van der Waals surface area contributed by atoms with Gasteiger partial charge in [0.25, 0.3) is 0 Å². The summed E-state index contributed by atoms with van der Waals surface area (Å²) in [4.78, 5) is 31.3. The summed E-state index contributed by atoms with van der Waals surface area (Å²) in [5, 5.41) is 3.20. The lowest BCUT2D eigenvalue weighted by Crippen LogP contribution is -2.35. The highest BCUT2D eigenvalue weighted by Crippen LogP contribution is 2.28. The Morgan fingerprint density at radius 1 is 1.28 bits per heavy atom. The maximum atomic E-state index is 12.3. The van der Waals surface area contributed by atoms with Crippen molar-refractivity contribution in [3.8, 4) is 0 Å². The third-order valence-corrected chi connectivity index (χ3v) is 7.24. The molecule has 1 aliphatic heterocycles. The van der Waals surface area contributed by atoms with Crippen LogP contribution in [0.5, 0.6) is 0 Å². The molecule has 2 amide bonds. The smallest absolute Gasteiger partial charge is 0.410 e. The SMILES string of the molecule is CCOC(=O)N1CCc2nc(NC(=O)CCCS(=O)(=O)c3ccccc3)sc2C1. The number of sulfone groups is 1. The van der Waals surface area contributed by atoms with Crippen molar-refractivity contribution >= 4 is 38.3 Å². The van der Waals surface area contributed by atoms with Gasteiger partial charge in [-0.05, 0) is 25.5 Å². The van der Waals surface area contributed by atoms with E-state index in [4.69, 9.17) is 4.74 Å². The van der Waals surface area contributed by atoms with Gasteiger partial charge in [0.05, 0.1) is 29.5 Å². The lowest BCUT2D eigenvalue weighted by atomic mass is 10.2. The minimum atomic E-state index is -3.39. The van der Waals surface area contributed by atoms with Gasteiger partial charge in [0.1, 0.15) is 0 Å². The number of benzene rings is 1. The van der Waals surface area contributed by atoms with Gasteiger partial charge in [-0.25, -0.2) is 18.2 Å². The predicted molar refractivity (Wildman–Crippen MR) is 110 cm³/mol. The number of fused-ring (bicyclic) bond motifs is 1. The van der Waals surface area contributed by atoms with E-state index in [0.29, 0.717) is 31.2 Å². The summed E-state index contributed by atoms with van der Waals surface area (Å²) < 4.78 is 29.5. The molecule has 0 spiro atoms. The van der Waals surface area contributed by atoms with Crippen LogP contribution in [0.1, 0.15) is 30.3 Å². The molecule has 1 aliphatic rings. The Balaban J connectivity index is 1.50. The van der Waals surface area contributed by atoms with Gasteiger partial charge < -0.3 is 15.0 Å². The number of carbonyl (C=O) groups is 2. The van der Waals surface area contributed by atoms with Crippen molar-refractivity contribution in [2.45, 2.75) is 37.6 Å². The van der Waals surface area contributed by atoms with Crippen LogP contribution in [-0.2, 0) is 32.3 Å². The van der Waals surface area contributed by atoms with Crippen LogP contribution in [0.25, 0.3) is 0 Å². The second kappa shape index (κ2) is 9.36. The fraction of sp³-hybridized carbons (Fsp3) is 0.421. The zero-order valence-corrected chi connectivity index (χ0v) is 17.7. The summed E-state index contributed by atoms with van der Waals surface area (Å²) in [6.45, 7) is 3.03. The average Bonchev–Trinajstić information content (AvgIpc) is 3.10. The molecule has 1 aromatic carbocycles. The molecule has 0 bridgehead atoms. The quantitative estimate of drug-likeness (QED) is 0.714. The Kier molecular flexibility index (Phi) is 6.86. The number of carbonyl (C=O) groups excluding carboxylic acids is 2. The Hall–Kier alpha value is -2.46. The van der Waals surface area contributed by atoms with Crippen LogP contribution < -0.4 is 5.32 Å². The Labute approximate surface area is 173 Å². The van der Waals surface area contributed by atoms with Gasteiger partial charge in [0, 0.05) is 24.3 Å². The lowest BCUT2D eigenvalue weighted by molar-refractivity contribution is -0.116. The van der Waals surface area contributed by atoms with Crippen molar-refractivity contribution in [2.24, 2.45) is 0 Å². The molecule has 0 fully saturated rings. The monoisotopic (exact) mass is 437 g/mol. The van der Waals surface area contributed by atoms with Crippen molar-refractivity contribution in [1.29, 1.82) is 0 Å². The third kappa shape index (κ3) is 5.54. The minimum absolute atomic E-state index is 0.0886. The molecule has 0 unspecified atom stereocenters. The van der Waals surface area contributed by atoms with Gasteiger partial charge in [-0.1, -0.05) is 29.5 Å². The number of thiazole rings is 1. The predicted octanol–water partition coefficient (Wildman–Crippen LogP) is 2.85. The van der Waals surface area contributed by atoms with E-state index >= 15 is 0 Å².